The van der Waals surface area contributed by atoms with Crippen molar-refractivity contribution in [2.45, 2.75) is 71.8 Å². The van der Waals surface area contributed by atoms with Crippen molar-refractivity contribution in [1.29, 1.82) is 0 Å². The molecule has 1 aliphatic carbocycles. The maximum atomic E-state index is 11.6. The van der Waals surface area contributed by atoms with Gasteiger partial charge in [-0.05, 0) is 62.8 Å². The highest BCUT2D eigenvalue weighted by atomic mass is 16.5. The zero-order chi connectivity index (χ0) is 18.2. The van der Waals surface area contributed by atoms with E-state index in [9.17, 15) is 4.79 Å². The average molecular weight is 354 g/mol. The molecular weight excluding hydrogens is 314 g/mol. The van der Waals surface area contributed by atoms with E-state index in [2.05, 4.69) is 31.0 Å². The van der Waals surface area contributed by atoms with Gasteiger partial charge in [-0.3, -0.25) is 4.79 Å². The zero-order valence-corrected chi connectivity index (χ0v) is 16.5. The van der Waals surface area contributed by atoms with E-state index in [1.807, 2.05) is 5.48 Å². The first-order valence-corrected chi connectivity index (χ1v) is 10.4. The van der Waals surface area contributed by atoms with Gasteiger partial charge in [0.05, 0.1) is 6.54 Å². The van der Waals surface area contributed by atoms with Gasteiger partial charge in [-0.15, -0.1) is 0 Å². The van der Waals surface area contributed by atoms with Crippen LogP contribution in [-0.2, 0) is 4.79 Å². The molecule has 0 aromatic heterocycles. The number of carbonyl (C=O) groups excluding carboxylic acids is 1. The second-order valence-corrected chi connectivity index (χ2v) is 8.89. The lowest BCUT2D eigenvalue weighted by Crippen LogP contribution is -2.47. The van der Waals surface area contributed by atoms with Crippen molar-refractivity contribution in [3.63, 3.8) is 0 Å². The minimum absolute atomic E-state index is 0.0358. The van der Waals surface area contributed by atoms with Gasteiger partial charge < -0.3 is 15.4 Å². The van der Waals surface area contributed by atoms with E-state index >= 15 is 0 Å². The van der Waals surface area contributed by atoms with E-state index in [0.29, 0.717) is 0 Å². The van der Waals surface area contributed by atoms with E-state index in [1.165, 1.54) is 51.5 Å². The summed E-state index contributed by atoms with van der Waals surface area (Å²) in [7, 11) is 0. The third-order valence-electron chi connectivity index (χ3n) is 6.02. The lowest BCUT2D eigenvalue weighted by Gasteiger charge is -2.42. The number of likely N-dealkylation sites (tertiary alicyclic amines) is 1. The summed E-state index contributed by atoms with van der Waals surface area (Å²) in [6, 6.07) is 0.119. The van der Waals surface area contributed by atoms with Gasteiger partial charge in [0.15, 0.2) is 0 Å². The maximum absolute atomic E-state index is 11.6. The summed E-state index contributed by atoms with van der Waals surface area (Å²) < 4.78 is 0. The van der Waals surface area contributed by atoms with Gasteiger partial charge in [-0.25, -0.2) is 0 Å². The number of hydroxylamine groups is 1. The molecule has 1 heterocycles. The predicted octanol–water partition coefficient (Wildman–Crippen LogP) is 3.03. The van der Waals surface area contributed by atoms with Gasteiger partial charge in [0.2, 0.25) is 5.91 Å². The van der Waals surface area contributed by atoms with E-state index in [-0.39, 0.29) is 18.5 Å². The van der Waals surface area contributed by atoms with Gasteiger partial charge in [0.25, 0.3) is 0 Å². The summed E-state index contributed by atoms with van der Waals surface area (Å²) in [6.45, 7) is 9.98. The molecule has 5 heteroatoms. The fourth-order valence-corrected chi connectivity index (χ4v) is 5.07. The standard InChI is InChI=1S/C20H39N3O2/c1-15(2)10-17-7-8-18-6-4-5-9-23(14-19(18)11-17)13-16(3)22-20(24)12-21-25/h15-19,21,25H,4-14H2,1-3H3,(H,22,24)/t16-,17+,18?,19?/m0/s1. The highest BCUT2D eigenvalue weighted by molar-refractivity contribution is 5.78. The Hall–Kier alpha value is -0.650. The molecular formula is C20H39N3O2. The topological polar surface area (TPSA) is 64.6 Å². The van der Waals surface area contributed by atoms with Crippen molar-refractivity contribution in [3.05, 3.63) is 0 Å². The summed E-state index contributed by atoms with van der Waals surface area (Å²) in [5, 5.41) is 11.6. The quantitative estimate of drug-likeness (QED) is 0.616. The van der Waals surface area contributed by atoms with Crippen molar-refractivity contribution >= 4 is 5.91 Å². The van der Waals surface area contributed by atoms with Gasteiger partial charge in [-0.1, -0.05) is 33.1 Å². The molecule has 2 fully saturated rings. The van der Waals surface area contributed by atoms with Crippen molar-refractivity contribution < 1.29 is 10.0 Å². The molecule has 0 aromatic rings. The Morgan fingerprint density at radius 1 is 1.16 bits per heavy atom. The number of amides is 1. The van der Waals surface area contributed by atoms with Crippen LogP contribution in [0.1, 0.15) is 65.7 Å². The van der Waals surface area contributed by atoms with Gasteiger partial charge >= 0.3 is 0 Å². The molecule has 5 nitrogen and oxygen atoms in total. The van der Waals surface area contributed by atoms with E-state index in [1.54, 1.807) is 0 Å². The molecule has 0 aromatic carbocycles. The Balaban J connectivity index is 1.87. The van der Waals surface area contributed by atoms with Crippen molar-refractivity contribution in [3.8, 4) is 0 Å². The second-order valence-electron chi connectivity index (χ2n) is 8.89. The Labute approximate surface area is 153 Å². The summed E-state index contributed by atoms with van der Waals surface area (Å²) in [5.41, 5.74) is 1.93. The van der Waals surface area contributed by atoms with Crippen LogP contribution in [0.25, 0.3) is 0 Å². The van der Waals surface area contributed by atoms with Crippen molar-refractivity contribution in [2.24, 2.45) is 23.7 Å². The van der Waals surface area contributed by atoms with Gasteiger partial charge in [-0.2, -0.15) is 5.48 Å². The summed E-state index contributed by atoms with van der Waals surface area (Å²) >= 11 is 0. The third kappa shape index (κ3) is 7.24. The normalized spacial score (nSPS) is 29.6. The molecule has 0 spiro atoms. The molecule has 1 saturated heterocycles. The zero-order valence-electron chi connectivity index (χ0n) is 16.5. The summed E-state index contributed by atoms with van der Waals surface area (Å²) in [5.74, 6) is 3.32. The SMILES string of the molecule is CC(C)C[C@H]1CCC2CCCCN(C[C@H](C)NC(=O)CNO)CC2C1. The molecule has 0 bridgehead atoms. The summed E-state index contributed by atoms with van der Waals surface area (Å²) in [4.78, 5) is 14.2. The van der Waals surface area contributed by atoms with Crippen LogP contribution in [0.3, 0.4) is 0 Å². The Morgan fingerprint density at radius 3 is 2.68 bits per heavy atom. The first kappa shape index (κ1) is 20.7. The molecule has 0 radical (unpaired) electrons. The first-order valence-electron chi connectivity index (χ1n) is 10.4. The first-order chi connectivity index (χ1) is 12.0. The Bertz CT molecular complexity index is 402. The fraction of sp³-hybridized carbons (Fsp3) is 0.950. The number of carbonyl (C=O) groups is 1. The second kappa shape index (κ2) is 10.5. The maximum Gasteiger partial charge on any atom is 0.236 e. The molecule has 2 aliphatic rings. The number of nitrogens with zero attached hydrogens (tertiary/aromatic N) is 1. The van der Waals surface area contributed by atoms with Crippen molar-refractivity contribution in [1.82, 2.24) is 15.7 Å². The molecule has 3 N–H and O–H groups in total. The number of fused-ring (bicyclic) bond motifs is 1. The highest BCUT2D eigenvalue weighted by Gasteiger charge is 2.32. The summed E-state index contributed by atoms with van der Waals surface area (Å²) in [6.07, 6.45) is 9.67. The number of rotatable bonds is 7. The largest absolute Gasteiger partial charge is 0.351 e. The Kier molecular flexibility index (Phi) is 8.67. The van der Waals surface area contributed by atoms with E-state index in [4.69, 9.17) is 5.21 Å². The molecule has 4 atom stereocenters. The third-order valence-corrected chi connectivity index (χ3v) is 6.02. The van der Waals surface area contributed by atoms with Crippen LogP contribution < -0.4 is 10.8 Å². The molecule has 2 unspecified atom stereocenters. The van der Waals surface area contributed by atoms with Crippen LogP contribution >= 0.6 is 0 Å². The lowest BCUT2D eigenvalue weighted by atomic mass is 9.69. The van der Waals surface area contributed by atoms with Crippen LogP contribution in [0.2, 0.25) is 0 Å². The molecule has 1 aliphatic heterocycles. The van der Waals surface area contributed by atoms with Crippen LogP contribution in [0.15, 0.2) is 0 Å². The van der Waals surface area contributed by atoms with E-state index in [0.717, 1.165) is 36.8 Å². The van der Waals surface area contributed by atoms with Crippen LogP contribution in [0.5, 0.6) is 0 Å². The van der Waals surface area contributed by atoms with Gasteiger partial charge in [0.1, 0.15) is 0 Å². The number of hydrogen-bond acceptors (Lipinski definition) is 4. The van der Waals surface area contributed by atoms with E-state index < -0.39 is 0 Å². The average Bonchev–Trinajstić information content (AvgIpc) is 2.50. The minimum Gasteiger partial charge on any atom is -0.351 e. The predicted molar refractivity (Wildman–Crippen MR) is 101 cm³/mol. The Morgan fingerprint density at radius 2 is 1.96 bits per heavy atom. The molecule has 146 valence electrons. The molecule has 1 amide bonds. The number of hydrogen-bond donors (Lipinski definition) is 3. The van der Waals surface area contributed by atoms with Crippen molar-refractivity contribution in [2.75, 3.05) is 26.2 Å². The minimum atomic E-state index is -0.144. The van der Waals surface area contributed by atoms with Crippen LogP contribution in [-0.4, -0.2) is 48.2 Å². The lowest BCUT2D eigenvalue weighted by molar-refractivity contribution is -0.122. The smallest absolute Gasteiger partial charge is 0.236 e. The molecule has 2 rings (SSSR count). The highest BCUT2D eigenvalue weighted by Crippen LogP contribution is 2.40. The van der Waals surface area contributed by atoms with Crippen LogP contribution in [0, 0.1) is 23.7 Å². The monoisotopic (exact) mass is 353 g/mol. The van der Waals surface area contributed by atoms with Crippen LogP contribution in [0.4, 0.5) is 0 Å². The molecule has 25 heavy (non-hydrogen) atoms. The van der Waals surface area contributed by atoms with Gasteiger partial charge in [0, 0.05) is 19.1 Å². The number of nitrogens with one attached hydrogen (secondary N) is 2. The molecule has 1 saturated carbocycles. The fourth-order valence-electron chi connectivity index (χ4n) is 5.07.